The van der Waals surface area contributed by atoms with Gasteiger partial charge in [-0.3, -0.25) is 9.59 Å². The van der Waals surface area contributed by atoms with E-state index in [4.69, 9.17) is 0 Å². The molecule has 0 saturated carbocycles. The second kappa shape index (κ2) is 10.9. The maximum absolute atomic E-state index is 13.1. The Kier molecular flexibility index (Phi) is 8.22. The van der Waals surface area contributed by atoms with Crippen LogP contribution in [0.25, 0.3) is 21.8 Å². The highest BCUT2D eigenvalue weighted by atomic mass is 16.4. The molecule has 0 fully saturated rings. The number of fused-ring (bicyclic) bond motifs is 3. The Labute approximate surface area is 200 Å². The predicted molar refractivity (Wildman–Crippen MR) is 134 cm³/mol. The fourth-order valence-corrected chi connectivity index (χ4v) is 4.34. The van der Waals surface area contributed by atoms with E-state index in [-0.39, 0.29) is 30.0 Å². The van der Waals surface area contributed by atoms with E-state index >= 15 is 0 Å². The topological polar surface area (TPSA) is 124 Å². The van der Waals surface area contributed by atoms with Gasteiger partial charge in [-0.05, 0) is 42.9 Å². The van der Waals surface area contributed by atoms with Crippen LogP contribution in [-0.2, 0) is 16.1 Å². The Hall–Kier alpha value is -3.04. The van der Waals surface area contributed by atoms with Crippen LogP contribution in [0.2, 0.25) is 0 Å². The number of aromatic nitrogens is 1. The van der Waals surface area contributed by atoms with Crippen LogP contribution in [0.4, 0.5) is 0 Å². The lowest BCUT2D eigenvalue weighted by Crippen LogP contribution is -2.55. The number of carbonyl (C=O) groups excluding carboxylic acids is 2. The molecule has 0 unspecified atom stereocenters. The fraction of sp³-hybridized carbons (Fsp3) is 0.440. The van der Waals surface area contributed by atoms with Crippen molar-refractivity contribution in [3.8, 4) is 5.75 Å². The summed E-state index contributed by atoms with van der Waals surface area (Å²) in [6.45, 7) is 7.73. The highest BCUT2D eigenvalue weighted by Gasteiger charge is 2.30. The molecule has 3 aromatic rings. The van der Waals surface area contributed by atoms with Crippen molar-refractivity contribution < 1.29 is 24.7 Å². The predicted octanol–water partition coefficient (Wildman–Crippen LogP) is 2.57. The molecule has 1 aromatic heterocycles. The molecular weight excluding hydrogens is 433 g/mol. The van der Waals surface area contributed by atoms with Crippen LogP contribution >= 0.6 is 0 Å². The van der Waals surface area contributed by atoms with Gasteiger partial charge in [0.15, 0.2) is 0 Å². The molecular formula is C25H34BN3O5. The number of nitrogens with one attached hydrogen (secondary N) is 2. The van der Waals surface area contributed by atoms with Gasteiger partial charge in [-0.2, -0.15) is 0 Å². The monoisotopic (exact) mass is 467 g/mol. The number of phenols is 1. The molecule has 0 aliphatic rings. The molecule has 182 valence electrons. The first-order chi connectivity index (χ1) is 16.1. The van der Waals surface area contributed by atoms with Crippen LogP contribution in [0.1, 0.15) is 40.5 Å². The van der Waals surface area contributed by atoms with Gasteiger partial charge in [0.1, 0.15) is 18.3 Å². The number of phenolic OH excluding ortho intramolecular Hbond substituents is 1. The number of hydrogen-bond donors (Lipinski definition) is 5. The third-order valence-corrected chi connectivity index (χ3v) is 5.83. The summed E-state index contributed by atoms with van der Waals surface area (Å²) >= 11 is 0. The first-order valence-corrected chi connectivity index (χ1v) is 11.7. The molecule has 0 saturated heterocycles. The van der Waals surface area contributed by atoms with Gasteiger partial charge in [0, 0.05) is 22.4 Å². The van der Waals surface area contributed by atoms with Crippen molar-refractivity contribution in [3.05, 3.63) is 42.5 Å². The van der Waals surface area contributed by atoms with E-state index in [2.05, 4.69) is 10.6 Å². The number of para-hydroxylation sites is 1. The molecule has 0 spiro atoms. The molecule has 34 heavy (non-hydrogen) atoms. The van der Waals surface area contributed by atoms with E-state index in [1.165, 1.54) is 0 Å². The van der Waals surface area contributed by atoms with E-state index in [0.717, 1.165) is 21.8 Å². The molecule has 2 amide bonds. The minimum atomic E-state index is -1.69. The molecule has 9 heteroatoms. The second-order valence-electron chi connectivity index (χ2n) is 9.71. The summed E-state index contributed by atoms with van der Waals surface area (Å²) < 4.78 is 1.82. The van der Waals surface area contributed by atoms with Crippen LogP contribution in [0.15, 0.2) is 42.5 Å². The summed E-state index contributed by atoms with van der Waals surface area (Å²) in [7, 11) is -1.69. The smallest absolute Gasteiger partial charge is 0.475 e. The van der Waals surface area contributed by atoms with E-state index in [0.29, 0.717) is 12.8 Å². The lowest BCUT2D eigenvalue weighted by Gasteiger charge is -2.25. The standard InChI is InChI=1S/C25H34BN3O5/c1-15(2)11-20(25(32)28-23(26(33)34)12-16(3)4)27-24(31)14-29-21-8-6-5-7-18(21)19-10-9-17(30)13-22(19)29/h5-10,13,15-16,20,23,30,33-34H,11-12,14H2,1-4H3,(H,27,31)(H,28,32)/t20-,23-/m0/s1. The summed E-state index contributed by atoms with van der Waals surface area (Å²) in [5.74, 6) is -1.23. The Bertz CT molecular complexity index is 1160. The molecule has 3 rings (SSSR count). The Morgan fingerprint density at radius 2 is 1.56 bits per heavy atom. The zero-order valence-electron chi connectivity index (χ0n) is 20.2. The number of carbonyl (C=O) groups is 2. The fourth-order valence-electron chi connectivity index (χ4n) is 4.34. The maximum Gasteiger partial charge on any atom is 0.475 e. The van der Waals surface area contributed by atoms with Crippen molar-refractivity contribution in [2.45, 2.75) is 59.1 Å². The highest BCUT2D eigenvalue weighted by molar-refractivity contribution is 6.43. The first kappa shape index (κ1) is 25.6. The van der Waals surface area contributed by atoms with Gasteiger partial charge in [0.05, 0.1) is 11.5 Å². The summed E-state index contributed by atoms with van der Waals surface area (Å²) in [6, 6.07) is 11.9. The average Bonchev–Trinajstić information content (AvgIpc) is 3.05. The summed E-state index contributed by atoms with van der Waals surface area (Å²) in [4.78, 5) is 26.1. The molecule has 1 heterocycles. The van der Waals surface area contributed by atoms with Crippen LogP contribution in [0.5, 0.6) is 5.75 Å². The van der Waals surface area contributed by atoms with Crippen molar-refractivity contribution in [1.29, 1.82) is 0 Å². The number of nitrogens with zero attached hydrogens (tertiary/aromatic N) is 1. The summed E-state index contributed by atoms with van der Waals surface area (Å²) in [6.07, 6.45) is 0.804. The molecule has 0 aliphatic heterocycles. The minimum absolute atomic E-state index is 0.0343. The molecule has 0 aliphatic carbocycles. The van der Waals surface area contributed by atoms with Gasteiger partial charge < -0.3 is 30.4 Å². The van der Waals surface area contributed by atoms with Crippen molar-refractivity contribution >= 4 is 40.7 Å². The van der Waals surface area contributed by atoms with Crippen LogP contribution in [-0.4, -0.2) is 50.6 Å². The minimum Gasteiger partial charge on any atom is -0.508 e. The van der Waals surface area contributed by atoms with E-state index in [1.807, 2.05) is 62.6 Å². The Morgan fingerprint density at radius 3 is 2.21 bits per heavy atom. The van der Waals surface area contributed by atoms with Crippen molar-refractivity contribution in [1.82, 2.24) is 15.2 Å². The van der Waals surface area contributed by atoms with Crippen LogP contribution in [0.3, 0.4) is 0 Å². The third kappa shape index (κ3) is 6.09. The van der Waals surface area contributed by atoms with E-state index in [1.54, 1.807) is 12.1 Å². The second-order valence-corrected chi connectivity index (χ2v) is 9.71. The normalized spacial score (nSPS) is 13.4. The molecule has 8 nitrogen and oxygen atoms in total. The number of aromatic hydroxyl groups is 1. The summed E-state index contributed by atoms with van der Waals surface area (Å²) in [5, 5.41) is 36.8. The van der Waals surface area contributed by atoms with Gasteiger partial charge in [0.2, 0.25) is 11.8 Å². The van der Waals surface area contributed by atoms with Crippen molar-refractivity contribution in [3.63, 3.8) is 0 Å². The Morgan fingerprint density at radius 1 is 0.912 bits per heavy atom. The lowest BCUT2D eigenvalue weighted by atomic mass is 9.75. The molecule has 5 N–H and O–H groups in total. The largest absolute Gasteiger partial charge is 0.508 e. The van der Waals surface area contributed by atoms with E-state index in [9.17, 15) is 24.7 Å². The van der Waals surface area contributed by atoms with Crippen LogP contribution < -0.4 is 10.6 Å². The first-order valence-electron chi connectivity index (χ1n) is 11.7. The quantitative estimate of drug-likeness (QED) is 0.293. The van der Waals surface area contributed by atoms with Gasteiger partial charge in [-0.25, -0.2) is 0 Å². The van der Waals surface area contributed by atoms with Gasteiger partial charge in [0.25, 0.3) is 0 Å². The molecule has 0 bridgehead atoms. The highest BCUT2D eigenvalue weighted by Crippen LogP contribution is 2.31. The zero-order chi connectivity index (χ0) is 25.0. The number of rotatable bonds is 10. The molecule has 2 atom stereocenters. The maximum atomic E-state index is 13.1. The molecule has 0 radical (unpaired) electrons. The van der Waals surface area contributed by atoms with Crippen molar-refractivity contribution in [2.24, 2.45) is 11.8 Å². The number of benzene rings is 2. The number of hydrogen-bond acceptors (Lipinski definition) is 5. The van der Waals surface area contributed by atoms with E-state index < -0.39 is 25.0 Å². The SMILES string of the molecule is CC(C)C[C@H](NC(=O)[C@H](CC(C)C)NC(=O)Cn1c2ccccc2c2ccc(O)cc21)B(O)O. The average molecular weight is 467 g/mol. The van der Waals surface area contributed by atoms with Gasteiger partial charge in [-0.1, -0.05) is 45.9 Å². The third-order valence-electron chi connectivity index (χ3n) is 5.83. The van der Waals surface area contributed by atoms with Crippen LogP contribution in [0, 0.1) is 11.8 Å². The molecule has 2 aromatic carbocycles. The van der Waals surface area contributed by atoms with Gasteiger partial charge in [-0.15, -0.1) is 0 Å². The van der Waals surface area contributed by atoms with Gasteiger partial charge >= 0.3 is 7.12 Å². The zero-order valence-corrected chi connectivity index (χ0v) is 20.2. The number of amides is 2. The van der Waals surface area contributed by atoms with Crippen molar-refractivity contribution in [2.75, 3.05) is 0 Å². The Balaban J connectivity index is 1.83. The summed E-state index contributed by atoms with van der Waals surface area (Å²) in [5.41, 5.74) is 1.57. The lowest BCUT2D eigenvalue weighted by molar-refractivity contribution is -0.129.